The fraction of sp³-hybridized carbons (Fsp3) is 0.350. The van der Waals surface area contributed by atoms with Crippen LogP contribution in [0.4, 0.5) is 0 Å². The number of hydrogen-bond acceptors (Lipinski definition) is 4. The highest BCUT2D eigenvalue weighted by Crippen LogP contribution is 2.25. The van der Waals surface area contributed by atoms with Crippen LogP contribution >= 0.6 is 0 Å². The van der Waals surface area contributed by atoms with Gasteiger partial charge in [-0.15, -0.1) is 0 Å². The lowest BCUT2D eigenvalue weighted by molar-refractivity contribution is -0.145. The fourth-order valence-electron chi connectivity index (χ4n) is 3.22. The second-order valence-corrected chi connectivity index (χ2v) is 6.63. The Morgan fingerprint density at radius 2 is 1.88 bits per heavy atom. The molecule has 2 atom stereocenters. The number of nitrogens with zero attached hydrogens (tertiary/aromatic N) is 2. The van der Waals surface area contributed by atoms with Gasteiger partial charge >= 0.3 is 5.97 Å². The Kier molecular flexibility index (Phi) is 5.51. The van der Waals surface area contributed by atoms with Gasteiger partial charge in [0.2, 0.25) is 0 Å². The molecule has 0 saturated carbocycles. The van der Waals surface area contributed by atoms with Crippen molar-refractivity contribution < 1.29 is 19.4 Å². The summed E-state index contributed by atoms with van der Waals surface area (Å²) in [4.78, 5) is 29.5. The lowest BCUT2D eigenvalue weighted by atomic mass is 9.87. The van der Waals surface area contributed by atoms with Gasteiger partial charge in [0.15, 0.2) is 0 Å². The minimum Gasteiger partial charge on any atom is -0.489 e. The summed E-state index contributed by atoms with van der Waals surface area (Å²) in [5.41, 5.74) is 1.61. The lowest BCUT2D eigenvalue weighted by Gasteiger charge is -2.35. The van der Waals surface area contributed by atoms with E-state index in [-0.39, 0.29) is 17.7 Å². The van der Waals surface area contributed by atoms with Crippen LogP contribution in [0.15, 0.2) is 48.8 Å². The van der Waals surface area contributed by atoms with E-state index in [9.17, 15) is 14.7 Å². The molecule has 0 radical (unpaired) electrons. The SMILES string of the molecule is CC1CN(C(=O)c2ccc(OCc3ccncc3)cc2)CCC1C(=O)O. The predicted octanol–water partition coefficient (Wildman–Crippen LogP) is 2.84. The monoisotopic (exact) mass is 354 g/mol. The Hall–Kier alpha value is -2.89. The van der Waals surface area contributed by atoms with E-state index < -0.39 is 5.97 Å². The number of benzene rings is 1. The van der Waals surface area contributed by atoms with Crippen LogP contribution in [0.25, 0.3) is 0 Å². The maximum absolute atomic E-state index is 12.6. The highest BCUT2D eigenvalue weighted by atomic mass is 16.5. The molecule has 1 saturated heterocycles. The van der Waals surface area contributed by atoms with Crippen molar-refractivity contribution in [3.05, 3.63) is 59.9 Å². The third-order valence-electron chi connectivity index (χ3n) is 4.77. The Morgan fingerprint density at radius 1 is 1.19 bits per heavy atom. The van der Waals surface area contributed by atoms with Gasteiger partial charge in [0.05, 0.1) is 5.92 Å². The van der Waals surface area contributed by atoms with Crippen molar-refractivity contribution in [1.29, 1.82) is 0 Å². The molecule has 2 aromatic rings. The molecule has 1 N–H and O–H groups in total. The first-order valence-electron chi connectivity index (χ1n) is 8.68. The normalized spacial score (nSPS) is 19.8. The number of amides is 1. The largest absolute Gasteiger partial charge is 0.489 e. The number of rotatable bonds is 5. The van der Waals surface area contributed by atoms with Crippen LogP contribution in [0.2, 0.25) is 0 Å². The lowest BCUT2D eigenvalue weighted by Crippen LogP contribution is -2.44. The van der Waals surface area contributed by atoms with Crippen molar-refractivity contribution >= 4 is 11.9 Å². The predicted molar refractivity (Wildman–Crippen MR) is 95.8 cm³/mol. The summed E-state index contributed by atoms with van der Waals surface area (Å²) in [6, 6.07) is 10.8. The topological polar surface area (TPSA) is 79.7 Å². The number of carboxylic acids is 1. The van der Waals surface area contributed by atoms with E-state index in [1.54, 1.807) is 41.6 Å². The minimum atomic E-state index is -0.778. The van der Waals surface area contributed by atoms with E-state index in [0.29, 0.717) is 37.4 Å². The van der Waals surface area contributed by atoms with Gasteiger partial charge in [-0.05, 0) is 54.3 Å². The number of piperidine rings is 1. The molecule has 0 spiro atoms. The molecule has 0 aliphatic carbocycles. The molecule has 1 aromatic heterocycles. The van der Waals surface area contributed by atoms with Crippen LogP contribution in [-0.4, -0.2) is 40.0 Å². The molecule has 2 unspecified atom stereocenters. The number of hydrogen-bond donors (Lipinski definition) is 1. The average molecular weight is 354 g/mol. The molecule has 1 amide bonds. The zero-order chi connectivity index (χ0) is 18.5. The number of pyridine rings is 1. The van der Waals surface area contributed by atoms with Gasteiger partial charge in [-0.1, -0.05) is 6.92 Å². The number of likely N-dealkylation sites (tertiary alicyclic amines) is 1. The number of carboxylic acid groups (broad SMARTS) is 1. The molecule has 26 heavy (non-hydrogen) atoms. The van der Waals surface area contributed by atoms with Gasteiger partial charge in [0.1, 0.15) is 12.4 Å². The average Bonchev–Trinajstić information content (AvgIpc) is 2.66. The van der Waals surface area contributed by atoms with Gasteiger partial charge in [-0.25, -0.2) is 0 Å². The molecule has 1 aliphatic rings. The van der Waals surface area contributed by atoms with Crippen LogP contribution in [0.3, 0.4) is 0 Å². The van der Waals surface area contributed by atoms with E-state index in [1.807, 2.05) is 19.1 Å². The summed E-state index contributed by atoms with van der Waals surface area (Å²) >= 11 is 0. The smallest absolute Gasteiger partial charge is 0.306 e. The Morgan fingerprint density at radius 3 is 2.50 bits per heavy atom. The highest BCUT2D eigenvalue weighted by Gasteiger charge is 2.33. The van der Waals surface area contributed by atoms with Gasteiger partial charge in [0, 0.05) is 31.0 Å². The number of carbonyl (C=O) groups excluding carboxylic acids is 1. The minimum absolute atomic E-state index is 0.0480. The molecule has 2 heterocycles. The van der Waals surface area contributed by atoms with Crippen LogP contribution in [0.1, 0.15) is 29.3 Å². The van der Waals surface area contributed by atoms with E-state index in [2.05, 4.69) is 4.98 Å². The number of aliphatic carboxylic acids is 1. The zero-order valence-corrected chi connectivity index (χ0v) is 14.7. The molecule has 136 valence electrons. The Bertz CT molecular complexity index is 761. The summed E-state index contributed by atoms with van der Waals surface area (Å²) in [7, 11) is 0. The molecular formula is C20H22N2O4. The molecule has 1 fully saturated rings. The molecule has 6 heteroatoms. The molecular weight excluding hydrogens is 332 g/mol. The van der Waals surface area contributed by atoms with Crippen LogP contribution in [-0.2, 0) is 11.4 Å². The highest BCUT2D eigenvalue weighted by molar-refractivity contribution is 5.94. The number of ether oxygens (including phenoxy) is 1. The summed E-state index contributed by atoms with van der Waals surface area (Å²) < 4.78 is 5.71. The second kappa shape index (κ2) is 7.99. The summed E-state index contributed by atoms with van der Waals surface area (Å²) in [5.74, 6) is -0.575. The molecule has 1 aliphatic heterocycles. The summed E-state index contributed by atoms with van der Waals surface area (Å²) in [6.45, 7) is 3.26. The zero-order valence-electron chi connectivity index (χ0n) is 14.7. The van der Waals surface area contributed by atoms with Crippen LogP contribution in [0, 0.1) is 11.8 Å². The van der Waals surface area contributed by atoms with Crippen molar-refractivity contribution in [2.45, 2.75) is 20.0 Å². The number of carbonyl (C=O) groups is 2. The van der Waals surface area contributed by atoms with Crippen molar-refractivity contribution in [2.24, 2.45) is 11.8 Å². The molecule has 0 bridgehead atoms. The molecule has 1 aromatic carbocycles. The van der Waals surface area contributed by atoms with Crippen molar-refractivity contribution in [3.8, 4) is 5.75 Å². The van der Waals surface area contributed by atoms with Crippen LogP contribution in [0.5, 0.6) is 5.75 Å². The van der Waals surface area contributed by atoms with Crippen LogP contribution < -0.4 is 4.74 Å². The van der Waals surface area contributed by atoms with Crippen molar-refractivity contribution in [1.82, 2.24) is 9.88 Å². The first kappa shape index (κ1) is 17.9. The Labute approximate surface area is 152 Å². The maximum Gasteiger partial charge on any atom is 0.306 e. The second-order valence-electron chi connectivity index (χ2n) is 6.63. The maximum atomic E-state index is 12.6. The van der Waals surface area contributed by atoms with Gasteiger partial charge in [-0.2, -0.15) is 0 Å². The first-order valence-corrected chi connectivity index (χ1v) is 8.68. The summed E-state index contributed by atoms with van der Waals surface area (Å²) in [6.07, 6.45) is 3.93. The third-order valence-corrected chi connectivity index (χ3v) is 4.77. The van der Waals surface area contributed by atoms with E-state index in [0.717, 1.165) is 5.56 Å². The third kappa shape index (κ3) is 4.20. The molecule has 6 nitrogen and oxygen atoms in total. The fourth-order valence-corrected chi connectivity index (χ4v) is 3.22. The van der Waals surface area contributed by atoms with E-state index in [4.69, 9.17) is 4.74 Å². The Balaban J connectivity index is 1.58. The van der Waals surface area contributed by atoms with Gasteiger partial charge < -0.3 is 14.7 Å². The van der Waals surface area contributed by atoms with E-state index in [1.165, 1.54) is 0 Å². The quantitative estimate of drug-likeness (QED) is 0.893. The molecule has 3 rings (SSSR count). The first-order chi connectivity index (χ1) is 12.5. The number of aromatic nitrogens is 1. The van der Waals surface area contributed by atoms with E-state index >= 15 is 0 Å². The summed E-state index contributed by atoms with van der Waals surface area (Å²) in [5, 5.41) is 9.19. The standard InChI is InChI=1S/C20H22N2O4/c1-14-12-22(11-8-18(14)20(24)25)19(23)16-2-4-17(5-3-16)26-13-15-6-9-21-10-7-15/h2-7,9-10,14,18H,8,11-13H2,1H3,(H,24,25). The van der Waals surface area contributed by atoms with Crippen molar-refractivity contribution in [3.63, 3.8) is 0 Å². The van der Waals surface area contributed by atoms with Gasteiger partial charge in [-0.3, -0.25) is 14.6 Å². The van der Waals surface area contributed by atoms with Crippen molar-refractivity contribution in [2.75, 3.05) is 13.1 Å². The van der Waals surface area contributed by atoms with Gasteiger partial charge in [0.25, 0.3) is 5.91 Å².